The molecule has 5 heteroatoms. The van der Waals surface area contributed by atoms with Crippen LogP contribution in [0.3, 0.4) is 0 Å². The van der Waals surface area contributed by atoms with E-state index < -0.39 is 12.9 Å². The van der Waals surface area contributed by atoms with Crippen LogP contribution in [-0.4, -0.2) is 27.8 Å². The fourth-order valence-electron chi connectivity index (χ4n) is 3.93. The summed E-state index contributed by atoms with van der Waals surface area (Å²) in [5, 5.41) is -1.46. The molecular formula is C23H34NO3P. The maximum Gasteiger partial charge on any atom is 0.354 e. The van der Waals surface area contributed by atoms with Crippen LogP contribution in [0.5, 0.6) is 0 Å². The van der Waals surface area contributed by atoms with Crippen molar-refractivity contribution in [3.05, 3.63) is 71.8 Å². The van der Waals surface area contributed by atoms with Crippen molar-refractivity contribution < 1.29 is 14.4 Å². The van der Waals surface area contributed by atoms with E-state index in [0.29, 0.717) is 24.2 Å². The SMILES string of the molecule is CCCCCN(CCCCC)C(c1ccccc1)(c1ccccc1)P(=O)(O)O. The molecule has 2 aromatic rings. The summed E-state index contributed by atoms with van der Waals surface area (Å²) in [6, 6.07) is 18.6. The summed E-state index contributed by atoms with van der Waals surface area (Å²) in [5.74, 6) is 0. The first-order valence-electron chi connectivity index (χ1n) is 10.4. The Bertz CT molecular complexity index is 681. The third-order valence-electron chi connectivity index (χ3n) is 5.30. The molecule has 2 rings (SSSR count). The van der Waals surface area contributed by atoms with Gasteiger partial charge in [-0.05, 0) is 37.1 Å². The smallest absolute Gasteiger partial charge is 0.323 e. The van der Waals surface area contributed by atoms with E-state index >= 15 is 0 Å². The Kier molecular flexibility index (Phi) is 8.91. The zero-order chi connectivity index (χ0) is 20.5. The molecule has 0 bridgehead atoms. The van der Waals surface area contributed by atoms with Crippen molar-refractivity contribution in [2.24, 2.45) is 0 Å². The van der Waals surface area contributed by atoms with Gasteiger partial charge in [0, 0.05) is 0 Å². The lowest BCUT2D eigenvalue weighted by Gasteiger charge is -2.45. The second-order valence-corrected chi connectivity index (χ2v) is 9.08. The van der Waals surface area contributed by atoms with Crippen LogP contribution < -0.4 is 0 Å². The summed E-state index contributed by atoms with van der Waals surface area (Å²) in [6.45, 7) is 5.61. The van der Waals surface area contributed by atoms with E-state index in [9.17, 15) is 14.4 Å². The summed E-state index contributed by atoms with van der Waals surface area (Å²) in [6.07, 6.45) is 6.08. The molecule has 0 heterocycles. The lowest BCUT2D eigenvalue weighted by molar-refractivity contribution is 0.149. The highest BCUT2D eigenvalue weighted by atomic mass is 31.2. The van der Waals surface area contributed by atoms with Gasteiger partial charge < -0.3 is 9.79 Å². The zero-order valence-corrected chi connectivity index (χ0v) is 18.0. The highest BCUT2D eigenvalue weighted by Gasteiger charge is 2.53. The topological polar surface area (TPSA) is 60.8 Å². The van der Waals surface area contributed by atoms with Crippen molar-refractivity contribution >= 4 is 7.60 Å². The van der Waals surface area contributed by atoms with Crippen molar-refractivity contribution in [1.82, 2.24) is 4.90 Å². The molecule has 0 aliphatic heterocycles. The molecule has 28 heavy (non-hydrogen) atoms. The largest absolute Gasteiger partial charge is 0.354 e. The summed E-state index contributed by atoms with van der Waals surface area (Å²) >= 11 is 0. The number of nitrogens with zero attached hydrogens (tertiary/aromatic N) is 1. The fraction of sp³-hybridized carbons (Fsp3) is 0.478. The lowest BCUT2D eigenvalue weighted by atomic mass is 9.95. The van der Waals surface area contributed by atoms with Gasteiger partial charge in [0.05, 0.1) is 0 Å². The minimum absolute atomic E-state index is 0.655. The molecule has 0 saturated heterocycles. The molecule has 0 amide bonds. The van der Waals surface area contributed by atoms with Crippen molar-refractivity contribution in [2.45, 2.75) is 57.7 Å². The van der Waals surface area contributed by atoms with Crippen molar-refractivity contribution in [1.29, 1.82) is 0 Å². The highest BCUT2D eigenvalue weighted by Crippen LogP contribution is 2.62. The van der Waals surface area contributed by atoms with Gasteiger partial charge in [0.25, 0.3) is 0 Å². The maximum atomic E-state index is 13.2. The maximum absolute atomic E-state index is 13.2. The zero-order valence-electron chi connectivity index (χ0n) is 17.1. The van der Waals surface area contributed by atoms with Gasteiger partial charge in [0.1, 0.15) is 0 Å². The summed E-state index contributed by atoms with van der Waals surface area (Å²) < 4.78 is 13.2. The molecule has 0 spiro atoms. The van der Waals surface area contributed by atoms with E-state index in [1.807, 2.05) is 65.6 Å². The van der Waals surface area contributed by atoms with Crippen LogP contribution in [-0.2, 0) is 9.85 Å². The number of hydrogen-bond acceptors (Lipinski definition) is 2. The monoisotopic (exact) mass is 403 g/mol. The Labute approximate surface area is 169 Å². The molecule has 0 unspecified atom stereocenters. The van der Waals surface area contributed by atoms with E-state index in [2.05, 4.69) is 13.8 Å². The molecule has 0 radical (unpaired) electrons. The summed E-state index contributed by atoms with van der Waals surface area (Å²) in [7, 11) is -4.58. The third kappa shape index (κ3) is 5.12. The van der Waals surface area contributed by atoms with Crippen molar-refractivity contribution in [2.75, 3.05) is 13.1 Å². The first kappa shape index (κ1) is 22.8. The Hall–Kier alpha value is -1.45. The van der Waals surface area contributed by atoms with Crippen molar-refractivity contribution in [3.8, 4) is 0 Å². The fourth-order valence-corrected chi connectivity index (χ4v) is 5.47. The normalized spacial score (nSPS) is 12.5. The average molecular weight is 404 g/mol. The minimum atomic E-state index is -4.58. The van der Waals surface area contributed by atoms with E-state index in [1.54, 1.807) is 0 Å². The van der Waals surface area contributed by atoms with Gasteiger partial charge in [-0.2, -0.15) is 0 Å². The van der Waals surface area contributed by atoms with Crippen LogP contribution in [0.25, 0.3) is 0 Å². The standard InChI is InChI=1S/C23H34NO3P/c1-3-5-13-19-24(20-14-6-4-2)23(28(25,26)27,21-15-9-7-10-16-21)22-17-11-8-12-18-22/h7-12,15-18H,3-6,13-14,19-20H2,1-2H3,(H2,25,26,27). The first-order chi connectivity index (χ1) is 13.5. The molecule has 0 aliphatic carbocycles. The van der Waals surface area contributed by atoms with Gasteiger partial charge in [-0.15, -0.1) is 0 Å². The first-order valence-corrected chi connectivity index (χ1v) is 12.0. The van der Waals surface area contributed by atoms with Crippen LogP contribution in [0.2, 0.25) is 0 Å². The van der Waals surface area contributed by atoms with E-state index in [4.69, 9.17) is 0 Å². The molecule has 0 saturated carbocycles. The molecule has 0 atom stereocenters. The van der Waals surface area contributed by atoms with E-state index in [-0.39, 0.29) is 0 Å². The Morgan fingerprint density at radius 1 is 0.750 bits per heavy atom. The molecule has 0 aliphatic rings. The van der Waals surface area contributed by atoms with Crippen LogP contribution in [0.15, 0.2) is 60.7 Å². The van der Waals surface area contributed by atoms with Crippen LogP contribution in [0.1, 0.15) is 63.5 Å². The van der Waals surface area contributed by atoms with E-state index in [1.165, 1.54) is 0 Å². The van der Waals surface area contributed by atoms with Crippen LogP contribution in [0.4, 0.5) is 0 Å². The highest BCUT2D eigenvalue weighted by molar-refractivity contribution is 7.53. The molecular weight excluding hydrogens is 369 g/mol. The van der Waals surface area contributed by atoms with Gasteiger partial charge in [-0.3, -0.25) is 9.46 Å². The van der Waals surface area contributed by atoms with Crippen LogP contribution in [0, 0.1) is 0 Å². The second-order valence-electron chi connectivity index (χ2n) is 7.35. The predicted molar refractivity (Wildman–Crippen MR) is 116 cm³/mol. The third-order valence-corrected chi connectivity index (χ3v) is 6.94. The van der Waals surface area contributed by atoms with Gasteiger partial charge >= 0.3 is 7.60 Å². The quantitative estimate of drug-likeness (QED) is 0.350. The van der Waals surface area contributed by atoms with Gasteiger partial charge in [0.2, 0.25) is 0 Å². The number of rotatable bonds is 12. The van der Waals surface area contributed by atoms with Gasteiger partial charge in [-0.1, -0.05) is 100 Å². The predicted octanol–water partition coefficient (Wildman–Crippen LogP) is 5.75. The Morgan fingerprint density at radius 3 is 1.46 bits per heavy atom. The molecule has 2 N–H and O–H groups in total. The number of unbranched alkanes of at least 4 members (excludes halogenated alkanes) is 4. The molecule has 4 nitrogen and oxygen atoms in total. The number of hydrogen-bond donors (Lipinski definition) is 2. The minimum Gasteiger partial charge on any atom is -0.323 e. The summed E-state index contributed by atoms with van der Waals surface area (Å²) in [5.41, 5.74) is 1.31. The van der Waals surface area contributed by atoms with Gasteiger partial charge in [-0.25, -0.2) is 0 Å². The van der Waals surface area contributed by atoms with Gasteiger partial charge in [0.15, 0.2) is 5.28 Å². The van der Waals surface area contributed by atoms with Crippen LogP contribution >= 0.6 is 7.60 Å². The second kappa shape index (κ2) is 10.9. The Morgan fingerprint density at radius 2 is 1.14 bits per heavy atom. The van der Waals surface area contributed by atoms with E-state index in [0.717, 1.165) is 38.5 Å². The summed E-state index contributed by atoms with van der Waals surface area (Å²) in [4.78, 5) is 23.6. The Balaban J connectivity index is 2.66. The molecule has 154 valence electrons. The number of benzene rings is 2. The average Bonchev–Trinajstić information content (AvgIpc) is 2.69. The molecule has 0 aromatic heterocycles. The molecule has 2 aromatic carbocycles. The lowest BCUT2D eigenvalue weighted by Crippen LogP contribution is -2.48. The van der Waals surface area contributed by atoms with Crippen molar-refractivity contribution in [3.63, 3.8) is 0 Å². The molecule has 0 fully saturated rings.